The topological polar surface area (TPSA) is 282 Å². The molecule has 1 aliphatic heterocycles. The summed E-state index contributed by atoms with van der Waals surface area (Å²) in [7, 11) is -8.99. The van der Waals surface area contributed by atoms with Crippen LogP contribution in [0.2, 0.25) is 0 Å². The Hall–Kier alpha value is -2.75. The van der Waals surface area contributed by atoms with Crippen LogP contribution in [0.25, 0.3) is 11.1 Å². The lowest BCUT2D eigenvalue weighted by Gasteiger charge is -2.23. The molecule has 2 aromatic carbocycles. The Labute approximate surface area is 213 Å². The van der Waals surface area contributed by atoms with Gasteiger partial charge in [0.25, 0.3) is 5.91 Å². The number of nitrogen functional groups attached to an aromatic ring is 1. The van der Waals surface area contributed by atoms with E-state index in [0.717, 1.165) is 6.07 Å². The van der Waals surface area contributed by atoms with E-state index in [0.29, 0.717) is 0 Å². The van der Waals surface area contributed by atoms with E-state index in [1.54, 1.807) is 0 Å². The highest BCUT2D eigenvalue weighted by Gasteiger charge is 2.34. The van der Waals surface area contributed by atoms with Crippen LogP contribution in [-0.2, 0) is 20.0 Å². The van der Waals surface area contributed by atoms with E-state index >= 15 is 0 Å². The van der Waals surface area contributed by atoms with Crippen molar-refractivity contribution < 1.29 is 26.7 Å². The number of nitrogens with two attached hydrogens (primary N) is 4. The van der Waals surface area contributed by atoms with Gasteiger partial charge in [0, 0.05) is 36.8 Å². The SMILES string of the molecule is NCCNS(=O)(=O)c1ccc(-c2cccc(C(=O)NC[C@H](N)CO)c2N)c(C2NNNN2)c1S(N)(=O)=O. The molecule has 16 nitrogen and oxygen atoms in total. The minimum atomic E-state index is -4.64. The highest BCUT2D eigenvalue weighted by molar-refractivity contribution is 7.92. The Morgan fingerprint density at radius 1 is 1.08 bits per heavy atom. The molecule has 0 bridgehead atoms. The third-order valence-electron chi connectivity index (χ3n) is 5.35. The van der Waals surface area contributed by atoms with Crippen LogP contribution < -0.4 is 54.3 Å². The predicted molar refractivity (Wildman–Crippen MR) is 135 cm³/mol. The van der Waals surface area contributed by atoms with Crippen LogP contribution >= 0.6 is 0 Å². The number of hydrogen-bond donors (Lipinski definition) is 11. The third kappa shape index (κ3) is 6.40. The summed E-state index contributed by atoms with van der Waals surface area (Å²) in [5, 5.41) is 17.2. The van der Waals surface area contributed by atoms with Crippen molar-refractivity contribution in [1.82, 2.24) is 32.0 Å². The molecule has 1 amide bonds. The van der Waals surface area contributed by atoms with E-state index in [4.69, 9.17) is 27.4 Å². The van der Waals surface area contributed by atoms with Crippen LogP contribution in [0.3, 0.4) is 0 Å². The zero-order chi connectivity index (χ0) is 27.4. The van der Waals surface area contributed by atoms with Gasteiger partial charge in [0.15, 0.2) is 0 Å². The van der Waals surface area contributed by atoms with Gasteiger partial charge in [-0.2, -0.15) is 11.1 Å². The van der Waals surface area contributed by atoms with Gasteiger partial charge in [-0.3, -0.25) is 4.79 Å². The van der Waals surface area contributed by atoms with Crippen molar-refractivity contribution >= 4 is 31.6 Å². The first-order valence-corrected chi connectivity index (χ1v) is 13.9. The Morgan fingerprint density at radius 2 is 1.76 bits per heavy atom. The van der Waals surface area contributed by atoms with Gasteiger partial charge in [-0.15, -0.1) is 0 Å². The minimum absolute atomic E-state index is 0.0184. The number of primary sulfonamides is 1. The molecule has 0 spiro atoms. The largest absolute Gasteiger partial charge is 0.398 e. The second-order valence-corrected chi connectivity index (χ2v) is 11.2. The van der Waals surface area contributed by atoms with Crippen molar-refractivity contribution in [3.8, 4) is 11.1 Å². The number of carbonyl (C=O) groups is 1. The zero-order valence-electron chi connectivity index (χ0n) is 19.5. The van der Waals surface area contributed by atoms with Crippen molar-refractivity contribution in [1.29, 1.82) is 0 Å². The van der Waals surface area contributed by atoms with E-state index < -0.39 is 48.0 Å². The molecule has 0 radical (unpaired) electrons. The molecule has 0 aromatic heterocycles. The number of rotatable bonds is 11. The smallest absolute Gasteiger partial charge is 0.253 e. The minimum Gasteiger partial charge on any atom is -0.398 e. The molecular formula is C19H30N10O6S2. The average Bonchev–Trinajstić information content (AvgIpc) is 3.39. The predicted octanol–water partition coefficient (Wildman–Crippen LogP) is -4.01. The number of aliphatic hydroxyl groups excluding tert-OH is 1. The fraction of sp³-hybridized carbons (Fsp3) is 0.316. The van der Waals surface area contributed by atoms with Crippen molar-refractivity contribution in [2.75, 3.05) is 32.0 Å². The lowest BCUT2D eigenvalue weighted by Crippen LogP contribution is -2.39. The van der Waals surface area contributed by atoms with Crippen LogP contribution in [0, 0.1) is 0 Å². The van der Waals surface area contributed by atoms with Crippen molar-refractivity contribution in [2.45, 2.75) is 22.0 Å². The molecule has 15 N–H and O–H groups in total. The van der Waals surface area contributed by atoms with Gasteiger partial charge in [-0.1, -0.05) is 18.2 Å². The first-order chi connectivity index (χ1) is 17.4. The summed E-state index contributed by atoms with van der Waals surface area (Å²) in [4.78, 5) is 11.5. The Balaban J connectivity index is 2.26. The van der Waals surface area contributed by atoms with Crippen LogP contribution in [0.15, 0.2) is 40.1 Å². The number of carbonyl (C=O) groups excluding carboxylic acids is 1. The number of para-hydroxylation sites is 1. The van der Waals surface area contributed by atoms with Gasteiger partial charge in [0.05, 0.1) is 17.9 Å². The molecule has 2 aromatic rings. The number of amides is 1. The highest BCUT2D eigenvalue weighted by atomic mass is 32.2. The molecule has 1 aliphatic rings. The molecule has 1 atom stereocenters. The quantitative estimate of drug-likeness (QED) is 0.117. The van der Waals surface area contributed by atoms with Gasteiger partial charge in [0.2, 0.25) is 20.0 Å². The van der Waals surface area contributed by atoms with Crippen molar-refractivity contribution in [3.63, 3.8) is 0 Å². The number of nitrogens with one attached hydrogen (secondary N) is 6. The van der Waals surface area contributed by atoms with E-state index in [9.17, 15) is 21.6 Å². The Bertz CT molecular complexity index is 1360. The normalized spacial score (nSPS) is 15.6. The summed E-state index contributed by atoms with van der Waals surface area (Å²) in [5.41, 5.74) is 28.3. The fourth-order valence-electron chi connectivity index (χ4n) is 3.66. The molecule has 0 saturated carbocycles. The van der Waals surface area contributed by atoms with Crippen LogP contribution in [0.5, 0.6) is 0 Å². The molecular weight excluding hydrogens is 528 g/mol. The average molecular weight is 559 g/mol. The summed E-state index contributed by atoms with van der Waals surface area (Å²) in [6.07, 6.45) is -1.01. The van der Waals surface area contributed by atoms with Gasteiger partial charge >= 0.3 is 0 Å². The second-order valence-electron chi connectivity index (χ2n) is 7.98. The van der Waals surface area contributed by atoms with Gasteiger partial charge in [-0.25, -0.2) is 37.5 Å². The Morgan fingerprint density at radius 3 is 2.35 bits per heavy atom. The molecule has 37 heavy (non-hydrogen) atoms. The van der Waals surface area contributed by atoms with Crippen molar-refractivity contribution in [2.24, 2.45) is 16.6 Å². The van der Waals surface area contributed by atoms with Crippen LogP contribution in [0.4, 0.5) is 5.69 Å². The van der Waals surface area contributed by atoms with Crippen LogP contribution in [-0.4, -0.2) is 60.1 Å². The number of aliphatic hydroxyl groups is 1. The third-order valence-corrected chi connectivity index (χ3v) is 8.00. The maximum absolute atomic E-state index is 13.0. The zero-order valence-corrected chi connectivity index (χ0v) is 21.1. The summed E-state index contributed by atoms with van der Waals surface area (Å²) >= 11 is 0. The monoisotopic (exact) mass is 558 g/mol. The number of hydrazine groups is 3. The number of hydrogen-bond acceptors (Lipinski definition) is 13. The standard InChI is InChI=1S/C19H30N10O6S2/c20-6-7-25-37(34,35)14-5-4-11(15(17(14)36(23,32)33)18-26-28-29-27-18)12-2-1-3-13(16(12)22)19(31)24-8-10(21)9-30/h1-5,10,18,25-30H,6-9,20-22H2,(H,24,31)(H2,23,32,33)/t10-/m0/s1. The number of benzene rings is 2. The lowest BCUT2D eigenvalue weighted by atomic mass is 9.94. The van der Waals surface area contributed by atoms with E-state index in [2.05, 4.69) is 32.0 Å². The molecule has 0 aliphatic carbocycles. The molecule has 204 valence electrons. The van der Waals surface area contributed by atoms with Crippen molar-refractivity contribution in [3.05, 3.63) is 41.5 Å². The summed E-state index contributed by atoms with van der Waals surface area (Å²) < 4.78 is 53.8. The van der Waals surface area contributed by atoms with Gasteiger partial charge in [0.1, 0.15) is 16.0 Å². The van der Waals surface area contributed by atoms with Gasteiger partial charge in [-0.05, 0) is 17.7 Å². The number of sulfonamides is 2. The molecule has 1 heterocycles. The van der Waals surface area contributed by atoms with Crippen LogP contribution in [0.1, 0.15) is 22.1 Å². The first kappa shape index (κ1) is 28.8. The summed E-state index contributed by atoms with van der Waals surface area (Å²) in [6.45, 7) is -0.524. The summed E-state index contributed by atoms with van der Waals surface area (Å²) in [6, 6.07) is 6.26. The Kier molecular flexibility index (Phi) is 9.15. The number of anilines is 1. The fourth-order valence-corrected chi connectivity index (χ4v) is 6.36. The van der Waals surface area contributed by atoms with E-state index in [-0.39, 0.29) is 54.2 Å². The maximum Gasteiger partial charge on any atom is 0.253 e. The molecule has 0 unspecified atom stereocenters. The first-order valence-electron chi connectivity index (χ1n) is 10.9. The molecule has 3 rings (SSSR count). The maximum atomic E-state index is 13.0. The lowest BCUT2D eigenvalue weighted by molar-refractivity contribution is 0.0948. The highest BCUT2D eigenvalue weighted by Crippen LogP contribution is 2.39. The molecule has 18 heteroatoms. The second kappa shape index (κ2) is 11.8. The summed E-state index contributed by atoms with van der Waals surface area (Å²) in [5.74, 6) is -0.581. The van der Waals surface area contributed by atoms with E-state index in [1.807, 2.05) is 0 Å². The van der Waals surface area contributed by atoms with Gasteiger partial charge < -0.3 is 27.6 Å². The molecule has 1 fully saturated rings. The van der Waals surface area contributed by atoms with E-state index in [1.165, 1.54) is 24.3 Å². The molecule has 1 saturated heterocycles.